The number of carboxylic acids is 1. The number of carboxylic acid groups (broad SMARTS) is 1. The molecule has 0 amide bonds. The number of hydrogen-bond acceptors (Lipinski definition) is 2. The van der Waals surface area contributed by atoms with E-state index in [1.54, 1.807) is 7.11 Å². The first-order valence-corrected chi connectivity index (χ1v) is 5.43. The van der Waals surface area contributed by atoms with Gasteiger partial charge in [0.25, 0.3) is 0 Å². The number of ether oxygens (including phenoxy) is 1. The van der Waals surface area contributed by atoms with Gasteiger partial charge in [0.1, 0.15) is 5.75 Å². The minimum Gasteiger partial charge on any atom is -0.496 e. The molecule has 1 rings (SSSR count). The summed E-state index contributed by atoms with van der Waals surface area (Å²) in [6.07, 6.45) is 0.311. The zero-order chi connectivity index (χ0) is 13.2. The van der Waals surface area contributed by atoms with Crippen LogP contribution < -0.4 is 4.74 Å². The summed E-state index contributed by atoms with van der Waals surface area (Å²) in [7, 11) is 1.61. The van der Waals surface area contributed by atoms with E-state index in [-0.39, 0.29) is 5.57 Å². The fraction of sp³-hybridized carbons (Fsp3) is 0.357. The molecule has 1 aromatic rings. The van der Waals surface area contributed by atoms with Gasteiger partial charge in [0.15, 0.2) is 0 Å². The van der Waals surface area contributed by atoms with Crippen molar-refractivity contribution in [2.45, 2.75) is 27.2 Å². The molecule has 0 fully saturated rings. The van der Waals surface area contributed by atoms with Gasteiger partial charge in [-0.05, 0) is 37.5 Å². The first-order valence-electron chi connectivity index (χ1n) is 5.43. The molecule has 1 N–H and O–H groups in total. The molecule has 0 aliphatic heterocycles. The summed E-state index contributed by atoms with van der Waals surface area (Å²) in [5.74, 6) is -0.199. The number of benzene rings is 1. The zero-order valence-corrected chi connectivity index (χ0v) is 10.8. The Bertz CT molecular complexity index is 473. The van der Waals surface area contributed by atoms with Crippen molar-refractivity contribution < 1.29 is 14.6 Å². The van der Waals surface area contributed by atoms with Crippen LogP contribution in [0.15, 0.2) is 18.2 Å². The third-order valence-electron chi connectivity index (χ3n) is 3.01. The normalized spacial score (nSPS) is 10.1. The number of aliphatic carboxylic acids is 1. The van der Waals surface area contributed by atoms with Crippen LogP contribution in [-0.2, 0) is 11.2 Å². The standard InChI is InChI=1S/C14H18O3/c1-8-6-9(2)12(7-10(3)14(15)16)13(17-5)11(8)4/h6H,3,7H2,1-2,4-5H3,(H,15,16). The second-order valence-electron chi connectivity index (χ2n) is 4.23. The molecule has 0 saturated carbocycles. The monoisotopic (exact) mass is 234 g/mol. The van der Waals surface area contributed by atoms with E-state index >= 15 is 0 Å². The SMILES string of the molecule is C=C(Cc1c(C)cc(C)c(C)c1OC)C(=O)O. The first-order chi connectivity index (χ1) is 7.88. The molecule has 3 heteroatoms. The maximum atomic E-state index is 10.8. The van der Waals surface area contributed by atoms with Gasteiger partial charge in [-0.2, -0.15) is 0 Å². The van der Waals surface area contributed by atoms with Gasteiger partial charge in [-0.15, -0.1) is 0 Å². The molecule has 3 nitrogen and oxygen atoms in total. The van der Waals surface area contributed by atoms with Crippen molar-refractivity contribution in [2.75, 3.05) is 7.11 Å². The molecular weight excluding hydrogens is 216 g/mol. The van der Waals surface area contributed by atoms with E-state index in [1.165, 1.54) is 0 Å². The fourth-order valence-electron chi connectivity index (χ4n) is 1.89. The van der Waals surface area contributed by atoms with Crippen LogP contribution in [0.2, 0.25) is 0 Å². The van der Waals surface area contributed by atoms with Crippen molar-refractivity contribution in [3.63, 3.8) is 0 Å². The van der Waals surface area contributed by atoms with Crippen molar-refractivity contribution in [3.05, 3.63) is 40.5 Å². The average Bonchev–Trinajstić information content (AvgIpc) is 2.26. The van der Waals surface area contributed by atoms with Crippen molar-refractivity contribution in [1.29, 1.82) is 0 Å². The topological polar surface area (TPSA) is 46.5 Å². The number of carbonyl (C=O) groups is 1. The summed E-state index contributed by atoms with van der Waals surface area (Å²) in [6, 6.07) is 2.04. The van der Waals surface area contributed by atoms with Gasteiger partial charge < -0.3 is 9.84 Å². The number of aryl methyl sites for hydroxylation is 2. The highest BCUT2D eigenvalue weighted by Crippen LogP contribution is 2.31. The summed E-state index contributed by atoms with van der Waals surface area (Å²) in [6.45, 7) is 9.51. The van der Waals surface area contributed by atoms with Crippen LogP contribution >= 0.6 is 0 Å². The molecular formula is C14H18O3. The van der Waals surface area contributed by atoms with Crippen molar-refractivity contribution in [3.8, 4) is 5.75 Å². The molecule has 0 heterocycles. The van der Waals surface area contributed by atoms with E-state index in [1.807, 2.05) is 26.8 Å². The Morgan fingerprint density at radius 1 is 1.35 bits per heavy atom. The van der Waals surface area contributed by atoms with E-state index in [2.05, 4.69) is 6.58 Å². The van der Waals surface area contributed by atoms with Crippen molar-refractivity contribution >= 4 is 5.97 Å². The fourth-order valence-corrected chi connectivity index (χ4v) is 1.89. The molecule has 0 saturated heterocycles. The lowest BCUT2D eigenvalue weighted by Crippen LogP contribution is -2.06. The molecule has 0 aliphatic carbocycles. The number of methoxy groups -OCH3 is 1. The molecule has 0 aliphatic rings. The van der Waals surface area contributed by atoms with E-state index in [4.69, 9.17) is 9.84 Å². The van der Waals surface area contributed by atoms with Gasteiger partial charge in [0, 0.05) is 17.6 Å². The Labute approximate surface area is 102 Å². The van der Waals surface area contributed by atoms with Gasteiger partial charge in [0.2, 0.25) is 0 Å². The summed E-state index contributed by atoms with van der Waals surface area (Å²) in [5, 5.41) is 8.88. The van der Waals surface area contributed by atoms with Crippen LogP contribution in [0.5, 0.6) is 5.75 Å². The summed E-state index contributed by atoms with van der Waals surface area (Å²) >= 11 is 0. The lowest BCUT2D eigenvalue weighted by molar-refractivity contribution is -0.132. The Morgan fingerprint density at radius 3 is 2.41 bits per heavy atom. The Kier molecular flexibility index (Phi) is 3.94. The quantitative estimate of drug-likeness (QED) is 0.815. The van der Waals surface area contributed by atoms with Gasteiger partial charge in [-0.1, -0.05) is 12.6 Å². The number of hydrogen-bond donors (Lipinski definition) is 1. The van der Waals surface area contributed by atoms with E-state index in [9.17, 15) is 4.79 Å². The largest absolute Gasteiger partial charge is 0.496 e. The lowest BCUT2D eigenvalue weighted by Gasteiger charge is -2.16. The van der Waals surface area contributed by atoms with Gasteiger partial charge in [-0.3, -0.25) is 0 Å². The molecule has 17 heavy (non-hydrogen) atoms. The molecule has 92 valence electrons. The second kappa shape index (κ2) is 5.04. The molecule has 0 spiro atoms. The van der Waals surface area contributed by atoms with Crippen LogP contribution in [0.3, 0.4) is 0 Å². The van der Waals surface area contributed by atoms with Crippen molar-refractivity contribution in [2.24, 2.45) is 0 Å². The van der Waals surface area contributed by atoms with Crippen LogP contribution in [0.1, 0.15) is 22.3 Å². The van der Waals surface area contributed by atoms with Gasteiger partial charge in [-0.25, -0.2) is 4.79 Å². The predicted octanol–water partition coefficient (Wildman–Crippen LogP) is 2.80. The Balaban J connectivity index is 3.27. The summed E-state index contributed by atoms with van der Waals surface area (Å²) in [5.41, 5.74) is 4.31. The second-order valence-corrected chi connectivity index (χ2v) is 4.23. The van der Waals surface area contributed by atoms with Crippen LogP contribution in [0.25, 0.3) is 0 Å². The maximum absolute atomic E-state index is 10.8. The van der Waals surface area contributed by atoms with E-state index in [0.29, 0.717) is 6.42 Å². The van der Waals surface area contributed by atoms with E-state index in [0.717, 1.165) is 28.0 Å². The maximum Gasteiger partial charge on any atom is 0.331 e. The molecule has 0 bridgehead atoms. The third kappa shape index (κ3) is 2.67. The van der Waals surface area contributed by atoms with E-state index < -0.39 is 5.97 Å². The molecule has 0 unspecified atom stereocenters. The average molecular weight is 234 g/mol. The summed E-state index contributed by atoms with van der Waals surface area (Å²) < 4.78 is 5.38. The molecule has 1 aromatic carbocycles. The van der Waals surface area contributed by atoms with Crippen molar-refractivity contribution in [1.82, 2.24) is 0 Å². The molecule has 0 atom stereocenters. The van der Waals surface area contributed by atoms with Crippen LogP contribution in [0.4, 0.5) is 0 Å². The highest BCUT2D eigenvalue weighted by Gasteiger charge is 2.15. The van der Waals surface area contributed by atoms with Gasteiger partial charge in [0.05, 0.1) is 7.11 Å². The third-order valence-corrected chi connectivity index (χ3v) is 3.01. The minimum absolute atomic E-state index is 0.176. The van der Waals surface area contributed by atoms with Gasteiger partial charge >= 0.3 is 5.97 Å². The Morgan fingerprint density at radius 2 is 1.94 bits per heavy atom. The highest BCUT2D eigenvalue weighted by atomic mass is 16.5. The molecule has 0 aromatic heterocycles. The Hall–Kier alpha value is -1.77. The minimum atomic E-state index is -0.968. The number of rotatable bonds is 4. The smallest absolute Gasteiger partial charge is 0.331 e. The zero-order valence-electron chi connectivity index (χ0n) is 10.8. The first kappa shape index (κ1) is 13.3. The highest BCUT2D eigenvalue weighted by molar-refractivity contribution is 5.86. The molecule has 0 radical (unpaired) electrons. The summed E-state index contributed by atoms with van der Waals surface area (Å²) in [4.78, 5) is 10.8. The van der Waals surface area contributed by atoms with Crippen LogP contribution in [-0.4, -0.2) is 18.2 Å². The predicted molar refractivity (Wildman–Crippen MR) is 67.7 cm³/mol. The van der Waals surface area contributed by atoms with Crippen LogP contribution in [0, 0.1) is 20.8 Å². The lowest BCUT2D eigenvalue weighted by atomic mass is 9.94.